The molecular weight excluding hydrogens is 434 g/mol. The van der Waals surface area contributed by atoms with Gasteiger partial charge in [-0.1, -0.05) is 48.5 Å². The van der Waals surface area contributed by atoms with Crippen LogP contribution in [0.15, 0.2) is 78.4 Å². The van der Waals surface area contributed by atoms with Crippen LogP contribution in [0.2, 0.25) is 0 Å². The van der Waals surface area contributed by atoms with Crippen molar-refractivity contribution in [2.24, 2.45) is 0 Å². The second kappa shape index (κ2) is 9.38. The number of aromatic nitrogens is 2. The van der Waals surface area contributed by atoms with Crippen molar-refractivity contribution in [3.8, 4) is 0 Å². The van der Waals surface area contributed by atoms with Gasteiger partial charge in [0.05, 0.1) is 5.39 Å². The van der Waals surface area contributed by atoms with E-state index in [2.05, 4.69) is 20.2 Å². The number of carbonyl (C=O) groups is 2. The van der Waals surface area contributed by atoms with Crippen LogP contribution in [0.5, 0.6) is 0 Å². The molecule has 5 rings (SSSR count). The lowest BCUT2D eigenvalue weighted by Crippen LogP contribution is -2.52. The smallest absolute Gasteiger partial charge is 0.252 e. The molecule has 1 unspecified atom stereocenters. The van der Waals surface area contributed by atoms with Crippen molar-refractivity contribution in [1.29, 1.82) is 0 Å². The first-order valence-electron chi connectivity index (χ1n) is 10.8. The third-order valence-electron chi connectivity index (χ3n) is 5.82. The highest BCUT2D eigenvalue weighted by Gasteiger charge is 2.30. The van der Waals surface area contributed by atoms with E-state index >= 15 is 0 Å². The van der Waals surface area contributed by atoms with E-state index in [0.717, 1.165) is 21.6 Å². The van der Waals surface area contributed by atoms with E-state index in [4.69, 9.17) is 0 Å². The van der Waals surface area contributed by atoms with E-state index in [9.17, 15) is 9.59 Å². The number of carbonyl (C=O) groups excluding carboxylic acids is 2. The van der Waals surface area contributed by atoms with Crippen LogP contribution in [-0.2, 0) is 4.79 Å². The number of piperazine rings is 1. The fourth-order valence-electron chi connectivity index (χ4n) is 4.09. The first-order valence-corrected chi connectivity index (χ1v) is 11.7. The molecule has 1 fully saturated rings. The normalized spacial score (nSPS) is 14.8. The summed E-state index contributed by atoms with van der Waals surface area (Å²) in [5.74, 6) is 0.538. The fourth-order valence-corrected chi connectivity index (χ4v) is 4.81. The van der Waals surface area contributed by atoms with Gasteiger partial charge >= 0.3 is 0 Å². The third kappa shape index (κ3) is 4.42. The molecule has 33 heavy (non-hydrogen) atoms. The molecule has 0 saturated carbocycles. The number of nitrogens with one attached hydrogen (secondary N) is 1. The molecule has 1 atom stereocenters. The van der Waals surface area contributed by atoms with Crippen LogP contribution in [0, 0.1) is 0 Å². The summed E-state index contributed by atoms with van der Waals surface area (Å²) < 4.78 is 0. The van der Waals surface area contributed by atoms with Gasteiger partial charge in [-0.25, -0.2) is 9.97 Å². The van der Waals surface area contributed by atoms with Crippen LogP contribution in [-0.4, -0.2) is 52.9 Å². The Morgan fingerprint density at radius 1 is 0.879 bits per heavy atom. The topological polar surface area (TPSA) is 78.4 Å². The van der Waals surface area contributed by atoms with Crippen molar-refractivity contribution in [2.45, 2.75) is 6.04 Å². The first kappa shape index (κ1) is 21.1. The van der Waals surface area contributed by atoms with E-state index in [1.165, 1.54) is 0 Å². The number of amides is 2. The van der Waals surface area contributed by atoms with Crippen LogP contribution >= 0.6 is 11.3 Å². The van der Waals surface area contributed by atoms with Crippen molar-refractivity contribution >= 4 is 39.2 Å². The molecular formula is C25H23N5O2S. The zero-order chi connectivity index (χ0) is 22.6. The standard InChI is InChI=1S/C25H23N5O2S/c31-23(19-9-5-2-6-10-19)28-21(18-7-3-1-4-8-18)25(32)30-14-12-29(13-15-30)22-20-11-16-33-24(20)27-17-26-22/h1-11,16-17,21H,12-15H2,(H,28,31). The van der Waals surface area contributed by atoms with Gasteiger partial charge in [0.1, 0.15) is 23.0 Å². The monoisotopic (exact) mass is 457 g/mol. The average molecular weight is 458 g/mol. The molecule has 2 aromatic carbocycles. The van der Waals surface area contributed by atoms with Crippen LogP contribution in [0.25, 0.3) is 10.2 Å². The number of anilines is 1. The molecule has 8 heteroatoms. The SMILES string of the molecule is O=C(NC(C(=O)N1CCN(c2ncnc3sccc23)CC1)c1ccccc1)c1ccccc1. The lowest BCUT2D eigenvalue weighted by Gasteiger charge is -2.37. The van der Waals surface area contributed by atoms with Crippen LogP contribution in [0.3, 0.4) is 0 Å². The van der Waals surface area contributed by atoms with E-state index < -0.39 is 6.04 Å². The lowest BCUT2D eigenvalue weighted by molar-refractivity contribution is -0.133. The number of rotatable bonds is 5. The largest absolute Gasteiger partial charge is 0.352 e. The van der Waals surface area contributed by atoms with Gasteiger partial charge in [-0.3, -0.25) is 9.59 Å². The van der Waals surface area contributed by atoms with Crippen molar-refractivity contribution in [3.05, 3.63) is 89.6 Å². The van der Waals surface area contributed by atoms with Gasteiger partial charge in [0.15, 0.2) is 0 Å². The molecule has 1 aliphatic rings. The van der Waals surface area contributed by atoms with Crippen LogP contribution in [0.4, 0.5) is 5.82 Å². The fraction of sp³-hybridized carbons (Fsp3) is 0.200. The second-order valence-electron chi connectivity index (χ2n) is 7.83. The molecule has 0 spiro atoms. The Balaban J connectivity index is 1.32. The summed E-state index contributed by atoms with van der Waals surface area (Å²) in [6.45, 7) is 2.45. The van der Waals surface area contributed by atoms with Crippen LogP contribution < -0.4 is 10.2 Å². The summed E-state index contributed by atoms with van der Waals surface area (Å²) in [5, 5.41) is 6.00. The summed E-state index contributed by atoms with van der Waals surface area (Å²) in [7, 11) is 0. The van der Waals surface area contributed by atoms with E-state index in [1.807, 2.05) is 64.9 Å². The molecule has 1 saturated heterocycles. The Kier molecular flexibility index (Phi) is 5.99. The molecule has 2 aromatic heterocycles. The van der Waals surface area contributed by atoms with Crippen LogP contribution in [0.1, 0.15) is 22.0 Å². The molecule has 3 heterocycles. The van der Waals surface area contributed by atoms with Gasteiger partial charge in [0.25, 0.3) is 5.91 Å². The highest BCUT2D eigenvalue weighted by molar-refractivity contribution is 7.16. The molecule has 0 radical (unpaired) electrons. The maximum absolute atomic E-state index is 13.5. The summed E-state index contributed by atoms with van der Waals surface area (Å²) in [6, 6.07) is 19.7. The van der Waals surface area contributed by atoms with Crippen molar-refractivity contribution in [3.63, 3.8) is 0 Å². The van der Waals surface area contributed by atoms with Gasteiger partial charge in [0, 0.05) is 31.7 Å². The van der Waals surface area contributed by atoms with Gasteiger partial charge < -0.3 is 15.1 Å². The molecule has 0 bridgehead atoms. The van der Waals surface area contributed by atoms with E-state index in [-0.39, 0.29) is 11.8 Å². The maximum Gasteiger partial charge on any atom is 0.252 e. The summed E-state index contributed by atoms with van der Waals surface area (Å²) in [4.78, 5) is 40.2. The molecule has 1 aliphatic heterocycles. The molecule has 4 aromatic rings. The Hall–Kier alpha value is -3.78. The number of hydrogen-bond acceptors (Lipinski definition) is 6. The molecule has 166 valence electrons. The van der Waals surface area contributed by atoms with Gasteiger partial charge in [-0.05, 0) is 29.1 Å². The quantitative estimate of drug-likeness (QED) is 0.496. The second-order valence-corrected chi connectivity index (χ2v) is 8.73. The average Bonchev–Trinajstić information content (AvgIpc) is 3.37. The number of nitrogens with zero attached hydrogens (tertiary/aromatic N) is 4. The highest BCUT2D eigenvalue weighted by atomic mass is 32.1. The minimum atomic E-state index is -0.743. The number of fused-ring (bicyclic) bond motifs is 1. The zero-order valence-corrected chi connectivity index (χ0v) is 18.7. The van der Waals surface area contributed by atoms with Gasteiger partial charge in [-0.2, -0.15) is 0 Å². The minimum absolute atomic E-state index is 0.103. The summed E-state index contributed by atoms with van der Waals surface area (Å²) in [5.41, 5.74) is 1.30. The Bertz CT molecular complexity index is 1250. The number of hydrogen-bond donors (Lipinski definition) is 1. The van der Waals surface area contributed by atoms with Gasteiger partial charge in [0.2, 0.25) is 5.91 Å². The van der Waals surface area contributed by atoms with E-state index in [1.54, 1.807) is 29.8 Å². The predicted molar refractivity (Wildman–Crippen MR) is 129 cm³/mol. The Morgan fingerprint density at radius 3 is 2.30 bits per heavy atom. The van der Waals surface area contributed by atoms with Gasteiger partial charge in [-0.15, -0.1) is 11.3 Å². The summed E-state index contributed by atoms with van der Waals surface area (Å²) in [6.07, 6.45) is 1.59. The van der Waals surface area contributed by atoms with Crippen molar-refractivity contribution in [1.82, 2.24) is 20.2 Å². The van der Waals surface area contributed by atoms with E-state index in [0.29, 0.717) is 31.7 Å². The minimum Gasteiger partial charge on any atom is -0.352 e. The van der Waals surface area contributed by atoms with Crippen molar-refractivity contribution < 1.29 is 9.59 Å². The summed E-state index contributed by atoms with van der Waals surface area (Å²) >= 11 is 1.59. The molecule has 0 aliphatic carbocycles. The highest BCUT2D eigenvalue weighted by Crippen LogP contribution is 2.28. The maximum atomic E-state index is 13.5. The predicted octanol–water partition coefficient (Wildman–Crippen LogP) is 3.51. The molecule has 1 N–H and O–H groups in total. The Morgan fingerprint density at radius 2 is 1.58 bits per heavy atom. The zero-order valence-electron chi connectivity index (χ0n) is 17.9. The molecule has 2 amide bonds. The Labute approximate surface area is 195 Å². The third-order valence-corrected chi connectivity index (χ3v) is 6.64. The molecule has 7 nitrogen and oxygen atoms in total. The number of benzene rings is 2. The first-order chi connectivity index (χ1) is 16.2. The lowest BCUT2D eigenvalue weighted by atomic mass is 10.0. The van der Waals surface area contributed by atoms with Crippen molar-refractivity contribution in [2.75, 3.05) is 31.1 Å². The number of thiophene rings is 1.